The Balaban J connectivity index is 1.89. The Morgan fingerprint density at radius 3 is 2.37 bits per heavy atom. The number of carbonyl (C=O) groups excluding carboxylic acids is 1. The van der Waals surface area contributed by atoms with Crippen molar-refractivity contribution in [2.75, 3.05) is 12.0 Å². The maximum Gasteiger partial charge on any atom is 0.239 e. The molecule has 0 saturated heterocycles. The minimum absolute atomic E-state index is 0.0863. The zero-order valence-corrected chi connectivity index (χ0v) is 16.3. The smallest absolute Gasteiger partial charge is 0.239 e. The number of carbonyl (C=O) groups is 1. The van der Waals surface area contributed by atoms with Crippen molar-refractivity contribution in [2.24, 2.45) is 0 Å². The highest BCUT2D eigenvalue weighted by Gasteiger charge is 2.41. The van der Waals surface area contributed by atoms with Gasteiger partial charge in [-0.25, -0.2) is 8.42 Å². The molecule has 9 heteroatoms. The van der Waals surface area contributed by atoms with Crippen molar-refractivity contribution in [1.29, 1.82) is 0 Å². The Labute approximate surface area is 158 Å². The molecule has 2 aromatic rings. The van der Waals surface area contributed by atoms with Gasteiger partial charge in [0.25, 0.3) is 0 Å². The standard InChI is InChI=1S/C18H25N5O3S/c1-12(15-21-17(19)23-22-15)20-16(24)18(10-4-3-5-11-18)13-6-8-14(9-7-13)27(2,25)26/h6-9,12H,3-5,10-11H2,1-2H3,(H,20,24)(H3,19,21,22,23)/t12-/m1/s1. The first kappa shape index (κ1) is 19.3. The van der Waals surface area contributed by atoms with Gasteiger partial charge in [-0.3, -0.25) is 9.89 Å². The SMILES string of the molecule is C[C@@H](NC(=O)C1(c2ccc(S(C)(=O)=O)cc2)CCCCC1)c1nc(N)n[nH]1. The maximum absolute atomic E-state index is 13.3. The molecule has 0 spiro atoms. The van der Waals surface area contributed by atoms with Crippen LogP contribution in [-0.4, -0.2) is 35.8 Å². The van der Waals surface area contributed by atoms with Crippen molar-refractivity contribution in [3.8, 4) is 0 Å². The van der Waals surface area contributed by atoms with E-state index in [1.54, 1.807) is 24.3 Å². The lowest BCUT2D eigenvalue weighted by Gasteiger charge is -2.37. The van der Waals surface area contributed by atoms with Crippen LogP contribution in [0.1, 0.15) is 56.5 Å². The highest BCUT2D eigenvalue weighted by molar-refractivity contribution is 7.90. The van der Waals surface area contributed by atoms with Gasteiger partial charge in [0.05, 0.1) is 16.4 Å². The van der Waals surface area contributed by atoms with Gasteiger partial charge in [0, 0.05) is 6.26 Å². The molecule has 1 aromatic heterocycles. The molecular weight excluding hydrogens is 366 g/mol. The van der Waals surface area contributed by atoms with E-state index in [4.69, 9.17) is 5.73 Å². The van der Waals surface area contributed by atoms with E-state index in [9.17, 15) is 13.2 Å². The van der Waals surface area contributed by atoms with Gasteiger partial charge in [0.1, 0.15) is 5.82 Å². The van der Waals surface area contributed by atoms with Crippen molar-refractivity contribution in [1.82, 2.24) is 20.5 Å². The average molecular weight is 391 g/mol. The first-order valence-electron chi connectivity index (χ1n) is 9.02. The fourth-order valence-corrected chi connectivity index (χ4v) is 4.34. The molecule has 1 aliphatic rings. The fraction of sp³-hybridized carbons (Fsp3) is 0.500. The van der Waals surface area contributed by atoms with Gasteiger partial charge in [-0.2, -0.15) is 4.98 Å². The second-order valence-corrected chi connectivity index (χ2v) is 9.23. The molecule has 146 valence electrons. The lowest BCUT2D eigenvalue weighted by Crippen LogP contribution is -2.46. The Hall–Kier alpha value is -2.42. The van der Waals surface area contributed by atoms with Crippen LogP contribution in [0.5, 0.6) is 0 Å². The molecule has 1 saturated carbocycles. The van der Waals surface area contributed by atoms with Crippen LogP contribution in [0.25, 0.3) is 0 Å². The summed E-state index contributed by atoms with van der Waals surface area (Å²) in [6.45, 7) is 1.82. The van der Waals surface area contributed by atoms with Crippen LogP contribution in [0.2, 0.25) is 0 Å². The quantitative estimate of drug-likeness (QED) is 0.713. The number of amides is 1. The molecular formula is C18H25N5O3S. The van der Waals surface area contributed by atoms with Crippen LogP contribution in [0.3, 0.4) is 0 Å². The number of nitrogens with one attached hydrogen (secondary N) is 2. The summed E-state index contributed by atoms with van der Waals surface area (Å²) in [4.78, 5) is 17.6. The number of H-pyrrole nitrogens is 1. The third kappa shape index (κ3) is 3.97. The number of aromatic amines is 1. The third-order valence-electron chi connectivity index (χ3n) is 5.25. The minimum atomic E-state index is -3.27. The molecule has 3 rings (SSSR count). The molecule has 1 aromatic carbocycles. The lowest BCUT2D eigenvalue weighted by molar-refractivity contribution is -0.128. The first-order valence-corrected chi connectivity index (χ1v) is 10.9. The van der Waals surface area contributed by atoms with E-state index in [1.807, 2.05) is 6.92 Å². The van der Waals surface area contributed by atoms with Gasteiger partial charge < -0.3 is 11.1 Å². The monoisotopic (exact) mass is 391 g/mol. The number of nitrogens with zero attached hydrogens (tertiary/aromatic N) is 2. The molecule has 27 heavy (non-hydrogen) atoms. The van der Waals surface area contributed by atoms with Crippen LogP contribution in [0.15, 0.2) is 29.2 Å². The lowest BCUT2D eigenvalue weighted by atomic mass is 9.68. The molecule has 1 aliphatic carbocycles. The summed E-state index contributed by atoms with van der Waals surface area (Å²) >= 11 is 0. The topological polar surface area (TPSA) is 131 Å². The molecule has 1 fully saturated rings. The number of hydrogen-bond acceptors (Lipinski definition) is 6. The van der Waals surface area contributed by atoms with E-state index in [0.717, 1.165) is 37.7 Å². The highest BCUT2D eigenvalue weighted by atomic mass is 32.2. The van der Waals surface area contributed by atoms with Gasteiger partial charge in [-0.1, -0.05) is 31.4 Å². The fourth-order valence-electron chi connectivity index (χ4n) is 3.71. The van der Waals surface area contributed by atoms with Crippen LogP contribution in [0.4, 0.5) is 5.95 Å². The summed E-state index contributed by atoms with van der Waals surface area (Å²) < 4.78 is 23.5. The number of nitrogen functional groups attached to an aromatic ring is 1. The zero-order chi connectivity index (χ0) is 19.7. The second kappa shape index (κ2) is 7.30. The predicted octanol–water partition coefficient (Wildman–Crippen LogP) is 1.87. The normalized spacial score (nSPS) is 18.0. The Morgan fingerprint density at radius 2 is 1.85 bits per heavy atom. The van der Waals surface area contributed by atoms with E-state index in [2.05, 4.69) is 20.5 Å². The molecule has 4 N–H and O–H groups in total. The number of nitrogens with two attached hydrogens (primary N) is 1. The van der Waals surface area contributed by atoms with E-state index >= 15 is 0 Å². The van der Waals surface area contributed by atoms with Crippen LogP contribution < -0.4 is 11.1 Å². The van der Waals surface area contributed by atoms with Crippen LogP contribution >= 0.6 is 0 Å². The largest absolute Gasteiger partial charge is 0.367 e. The van der Waals surface area contributed by atoms with E-state index in [1.165, 1.54) is 6.26 Å². The molecule has 8 nitrogen and oxygen atoms in total. The average Bonchev–Trinajstić information content (AvgIpc) is 3.08. The number of anilines is 1. The number of aromatic nitrogens is 3. The van der Waals surface area contributed by atoms with Crippen molar-refractivity contribution in [2.45, 2.75) is 55.4 Å². The molecule has 1 heterocycles. The van der Waals surface area contributed by atoms with Crippen molar-refractivity contribution in [3.63, 3.8) is 0 Å². The summed E-state index contributed by atoms with van der Waals surface area (Å²) in [5, 5.41) is 9.54. The minimum Gasteiger partial charge on any atom is -0.367 e. The number of hydrogen-bond donors (Lipinski definition) is 3. The summed E-state index contributed by atoms with van der Waals surface area (Å²) in [7, 11) is -3.27. The van der Waals surface area contributed by atoms with Crippen LogP contribution in [0, 0.1) is 0 Å². The first-order chi connectivity index (χ1) is 12.7. The number of rotatable bonds is 5. The molecule has 0 bridgehead atoms. The summed E-state index contributed by atoms with van der Waals surface area (Å²) in [6, 6.07) is 6.32. The highest BCUT2D eigenvalue weighted by Crippen LogP contribution is 2.40. The van der Waals surface area contributed by atoms with Crippen molar-refractivity contribution in [3.05, 3.63) is 35.7 Å². The van der Waals surface area contributed by atoms with Gasteiger partial charge in [-0.15, -0.1) is 5.10 Å². The Morgan fingerprint density at radius 1 is 1.22 bits per heavy atom. The van der Waals surface area contributed by atoms with Crippen molar-refractivity contribution >= 4 is 21.7 Å². The van der Waals surface area contributed by atoms with Crippen molar-refractivity contribution < 1.29 is 13.2 Å². The van der Waals surface area contributed by atoms with Gasteiger partial charge in [0.15, 0.2) is 9.84 Å². The van der Waals surface area contributed by atoms with E-state index < -0.39 is 15.3 Å². The Bertz CT molecular complexity index is 915. The molecule has 0 radical (unpaired) electrons. The van der Waals surface area contributed by atoms with Gasteiger partial charge in [-0.05, 0) is 37.5 Å². The number of sulfone groups is 1. The van der Waals surface area contributed by atoms with Crippen LogP contribution in [-0.2, 0) is 20.0 Å². The number of benzene rings is 1. The van der Waals surface area contributed by atoms with Gasteiger partial charge >= 0.3 is 0 Å². The Kier molecular flexibility index (Phi) is 5.23. The molecule has 1 atom stereocenters. The van der Waals surface area contributed by atoms with Gasteiger partial charge in [0.2, 0.25) is 11.9 Å². The summed E-state index contributed by atoms with van der Waals surface area (Å²) in [5.41, 5.74) is 5.71. The second-order valence-electron chi connectivity index (χ2n) is 7.21. The van der Waals surface area contributed by atoms with E-state index in [0.29, 0.717) is 5.82 Å². The molecule has 0 aliphatic heterocycles. The maximum atomic E-state index is 13.3. The summed E-state index contributed by atoms with van der Waals surface area (Å²) in [6.07, 6.45) is 5.61. The third-order valence-corrected chi connectivity index (χ3v) is 6.38. The zero-order valence-electron chi connectivity index (χ0n) is 15.5. The van der Waals surface area contributed by atoms with E-state index in [-0.39, 0.29) is 22.8 Å². The predicted molar refractivity (Wildman–Crippen MR) is 102 cm³/mol. The molecule has 0 unspecified atom stereocenters. The summed E-state index contributed by atoms with van der Waals surface area (Å²) in [5.74, 6) is 0.547. The molecule has 1 amide bonds.